The predicted octanol–water partition coefficient (Wildman–Crippen LogP) is 2.73. The van der Waals surface area contributed by atoms with Gasteiger partial charge in [0.2, 0.25) is 5.91 Å². The Bertz CT molecular complexity index is 490. The summed E-state index contributed by atoms with van der Waals surface area (Å²) in [7, 11) is 1.62. The first-order valence-electron chi connectivity index (χ1n) is 7.02. The molecule has 4 heteroatoms. The van der Waals surface area contributed by atoms with Crippen LogP contribution >= 0.6 is 0 Å². The highest BCUT2D eigenvalue weighted by Gasteiger charge is 2.15. The van der Waals surface area contributed by atoms with E-state index in [9.17, 15) is 4.79 Å². The molecule has 0 saturated carbocycles. The third-order valence-electron chi connectivity index (χ3n) is 3.32. The first kappa shape index (κ1) is 14.4. The third kappa shape index (κ3) is 3.53. The van der Waals surface area contributed by atoms with Crippen LogP contribution in [0.5, 0.6) is 11.5 Å². The van der Waals surface area contributed by atoms with Crippen LogP contribution in [-0.4, -0.2) is 37.6 Å². The van der Waals surface area contributed by atoms with Gasteiger partial charge in [0.05, 0.1) is 13.7 Å². The fraction of sp³-hybridized carbons (Fsp3) is 0.438. The molecule has 0 aliphatic carbocycles. The normalized spacial score (nSPS) is 14.8. The van der Waals surface area contributed by atoms with E-state index in [4.69, 9.17) is 9.47 Å². The Labute approximate surface area is 120 Å². The molecule has 108 valence electrons. The van der Waals surface area contributed by atoms with Gasteiger partial charge in [0.1, 0.15) is 0 Å². The van der Waals surface area contributed by atoms with Gasteiger partial charge in [-0.2, -0.15) is 0 Å². The van der Waals surface area contributed by atoms with Crippen molar-refractivity contribution in [3.05, 3.63) is 29.8 Å². The lowest BCUT2D eigenvalue weighted by molar-refractivity contribution is -0.124. The number of ether oxygens (including phenoxy) is 2. The van der Waals surface area contributed by atoms with E-state index in [1.807, 2.05) is 36.1 Å². The number of benzene rings is 1. The van der Waals surface area contributed by atoms with E-state index in [2.05, 4.69) is 0 Å². The molecule has 1 heterocycles. The van der Waals surface area contributed by atoms with Crippen molar-refractivity contribution in [1.29, 1.82) is 0 Å². The molecular weight excluding hydrogens is 254 g/mol. The van der Waals surface area contributed by atoms with Crippen molar-refractivity contribution < 1.29 is 14.3 Å². The molecular formula is C16H21NO3. The Hall–Kier alpha value is -1.97. The summed E-state index contributed by atoms with van der Waals surface area (Å²) in [6.07, 6.45) is 5.67. The van der Waals surface area contributed by atoms with E-state index in [1.54, 1.807) is 13.2 Å². The molecule has 2 rings (SSSR count). The molecule has 1 aliphatic rings. The number of nitrogens with zero attached hydrogens (tertiary/aromatic N) is 1. The largest absolute Gasteiger partial charge is 0.493 e. The second kappa shape index (κ2) is 6.98. The average Bonchev–Trinajstić information content (AvgIpc) is 2.99. The van der Waals surface area contributed by atoms with Gasteiger partial charge in [-0.05, 0) is 43.5 Å². The van der Waals surface area contributed by atoms with Crippen molar-refractivity contribution in [2.45, 2.75) is 19.8 Å². The van der Waals surface area contributed by atoms with Crippen LogP contribution in [0.2, 0.25) is 0 Å². The molecule has 0 spiro atoms. The highest BCUT2D eigenvalue weighted by atomic mass is 16.5. The van der Waals surface area contributed by atoms with E-state index >= 15 is 0 Å². The monoisotopic (exact) mass is 275 g/mol. The molecule has 1 aromatic carbocycles. The zero-order valence-electron chi connectivity index (χ0n) is 12.1. The van der Waals surface area contributed by atoms with Crippen molar-refractivity contribution in [2.24, 2.45) is 0 Å². The molecule has 1 aliphatic heterocycles. The van der Waals surface area contributed by atoms with Gasteiger partial charge in [-0.25, -0.2) is 0 Å². The van der Waals surface area contributed by atoms with Crippen molar-refractivity contribution in [3.8, 4) is 11.5 Å². The minimum Gasteiger partial charge on any atom is -0.493 e. The highest BCUT2D eigenvalue weighted by molar-refractivity contribution is 5.92. The minimum absolute atomic E-state index is 0.0799. The van der Waals surface area contributed by atoms with Crippen molar-refractivity contribution in [2.75, 3.05) is 26.8 Å². The lowest BCUT2D eigenvalue weighted by Crippen LogP contribution is -2.25. The summed E-state index contributed by atoms with van der Waals surface area (Å²) in [6.45, 7) is 4.25. The van der Waals surface area contributed by atoms with Crippen LogP contribution in [0, 0.1) is 0 Å². The van der Waals surface area contributed by atoms with Gasteiger partial charge >= 0.3 is 0 Å². The number of hydrogen-bond donors (Lipinski definition) is 0. The summed E-state index contributed by atoms with van der Waals surface area (Å²) in [4.78, 5) is 13.8. The van der Waals surface area contributed by atoms with Gasteiger partial charge in [-0.3, -0.25) is 4.79 Å². The fourth-order valence-electron chi connectivity index (χ4n) is 2.28. The first-order valence-corrected chi connectivity index (χ1v) is 7.02. The standard InChI is InChI=1S/C16H21NO3/c1-3-20-15-12-13(6-8-14(15)19-2)7-9-16(18)17-10-4-5-11-17/h6-9,12H,3-5,10-11H2,1-2H3/b9-7+. The summed E-state index contributed by atoms with van der Waals surface area (Å²) in [6, 6.07) is 5.65. The Morgan fingerprint density at radius 2 is 2.05 bits per heavy atom. The number of hydrogen-bond acceptors (Lipinski definition) is 3. The Morgan fingerprint density at radius 1 is 1.30 bits per heavy atom. The molecule has 20 heavy (non-hydrogen) atoms. The molecule has 0 unspecified atom stereocenters. The van der Waals surface area contributed by atoms with E-state index < -0.39 is 0 Å². The number of methoxy groups -OCH3 is 1. The topological polar surface area (TPSA) is 38.8 Å². The van der Waals surface area contributed by atoms with Crippen LogP contribution in [0.25, 0.3) is 6.08 Å². The molecule has 0 aromatic heterocycles. The van der Waals surface area contributed by atoms with Crippen LogP contribution in [0.1, 0.15) is 25.3 Å². The number of amides is 1. The quantitative estimate of drug-likeness (QED) is 0.776. The van der Waals surface area contributed by atoms with Crippen molar-refractivity contribution >= 4 is 12.0 Å². The zero-order chi connectivity index (χ0) is 14.4. The van der Waals surface area contributed by atoms with Crippen molar-refractivity contribution in [1.82, 2.24) is 4.90 Å². The molecule has 4 nitrogen and oxygen atoms in total. The minimum atomic E-state index is 0.0799. The molecule has 0 radical (unpaired) electrons. The summed E-state index contributed by atoms with van der Waals surface area (Å²) >= 11 is 0. The van der Waals surface area contributed by atoms with Crippen LogP contribution < -0.4 is 9.47 Å². The number of carbonyl (C=O) groups excluding carboxylic acids is 1. The third-order valence-corrected chi connectivity index (χ3v) is 3.32. The lowest BCUT2D eigenvalue weighted by atomic mass is 10.2. The summed E-state index contributed by atoms with van der Waals surface area (Å²) in [5.41, 5.74) is 0.932. The second-order valence-corrected chi connectivity index (χ2v) is 4.71. The SMILES string of the molecule is CCOc1cc(/C=C/C(=O)N2CCCC2)ccc1OC. The molecule has 1 aromatic rings. The van der Waals surface area contributed by atoms with Crippen molar-refractivity contribution in [3.63, 3.8) is 0 Å². The van der Waals surface area contributed by atoms with E-state index in [1.165, 1.54) is 0 Å². The second-order valence-electron chi connectivity index (χ2n) is 4.71. The van der Waals surface area contributed by atoms with Crippen LogP contribution in [0.3, 0.4) is 0 Å². The van der Waals surface area contributed by atoms with E-state index in [0.29, 0.717) is 18.1 Å². The van der Waals surface area contributed by atoms with Crippen LogP contribution in [-0.2, 0) is 4.79 Å². The predicted molar refractivity (Wildman–Crippen MR) is 79.0 cm³/mol. The van der Waals surface area contributed by atoms with E-state index in [-0.39, 0.29) is 5.91 Å². The van der Waals surface area contributed by atoms with Gasteiger partial charge in [-0.15, -0.1) is 0 Å². The fourth-order valence-corrected chi connectivity index (χ4v) is 2.28. The maximum Gasteiger partial charge on any atom is 0.246 e. The highest BCUT2D eigenvalue weighted by Crippen LogP contribution is 2.28. The molecule has 0 atom stereocenters. The van der Waals surface area contributed by atoms with Gasteiger partial charge in [-0.1, -0.05) is 6.07 Å². The Kier molecular flexibility index (Phi) is 5.04. The zero-order valence-corrected chi connectivity index (χ0v) is 12.1. The van der Waals surface area contributed by atoms with Gasteiger partial charge in [0.25, 0.3) is 0 Å². The first-order chi connectivity index (χ1) is 9.74. The molecule has 1 saturated heterocycles. The molecule has 0 N–H and O–H groups in total. The number of likely N-dealkylation sites (tertiary alicyclic amines) is 1. The molecule has 1 amide bonds. The number of carbonyl (C=O) groups is 1. The number of rotatable bonds is 5. The maximum absolute atomic E-state index is 11.9. The van der Waals surface area contributed by atoms with E-state index in [0.717, 1.165) is 31.5 Å². The Balaban J connectivity index is 2.08. The summed E-state index contributed by atoms with van der Waals surface area (Å²) in [5, 5.41) is 0. The summed E-state index contributed by atoms with van der Waals surface area (Å²) < 4.78 is 10.8. The lowest BCUT2D eigenvalue weighted by Gasteiger charge is -2.12. The van der Waals surface area contributed by atoms with Gasteiger partial charge < -0.3 is 14.4 Å². The van der Waals surface area contributed by atoms with Crippen LogP contribution in [0.4, 0.5) is 0 Å². The molecule has 1 fully saturated rings. The average molecular weight is 275 g/mol. The van der Waals surface area contributed by atoms with Gasteiger partial charge in [0.15, 0.2) is 11.5 Å². The maximum atomic E-state index is 11.9. The smallest absolute Gasteiger partial charge is 0.246 e. The molecule has 0 bridgehead atoms. The summed E-state index contributed by atoms with van der Waals surface area (Å²) in [5.74, 6) is 1.48. The van der Waals surface area contributed by atoms with Gasteiger partial charge in [0, 0.05) is 19.2 Å². The van der Waals surface area contributed by atoms with Crippen LogP contribution in [0.15, 0.2) is 24.3 Å². The Morgan fingerprint density at radius 3 is 2.70 bits per heavy atom.